The van der Waals surface area contributed by atoms with Gasteiger partial charge in [0.2, 0.25) is 5.91 Å². The summed E-state index contributed by atoms with van der Waals surface area (Å²) in [5.41, 5.74) is 3.89. The summed E-state index contributed by atoms with van der Waals surface area (Å²) in [6.45, 7) is 5.83. The van der Waals surface area contributed by atoms with Crippen LogP contribution in [-0.2, 0) is 4.79 Å². The van der Waals surface area contributed by atoms with Gasteiger partial charge in [-0.15, -0.1) is 23.1 Å². The number of nitrogens with zero attached hydrogens (tertiary/aromatic N) is 1. The molecule has 0 fully saturated rings. The first-order valence-corrected chi connectivity index (χ1v) is 11.2. The van der Waals surface area contributed by atoms with E-state index < -0.39 is 0 Å². The minimum atomic E-state index is -0.257. The maximum absolute atomic E-state index is 12.4. The van der Waals surface area contributed by atoms with E-state index in [1.54, 1.807) is 0 Å². The summed E-state index contributed by atoms with van der Waals surface area (Å²) in [7, 11) is 0. The topological polar surface area (TPSA) is 66.0 Å². The van der Waals surface area contributed by atoms with Crippen molar-refractivity contribution in [3.8, 4) is 0 Å². The van der Waals surface area contributed by atoms with E-state index >= 15 is 0 Å². The van der Waals surface area contributed by atoms with Gasteiger partial charge in [0.15, 0.2) is 10.2 Å². The molecule has 3 N–H and O–H groups in total. The molecule has 0 radical (unpaired) electrons. The Morgan fingerprint density at radius 3 is 2.48 bits per heavy atom. The molecule has 1 heterocycles. The minimum absolute atomic E-state index is 0.0701. The summed E-state index contributed by atoms with van der Waals surface area (Å²) in [5, 5.41) is 12.0. The fourth-order valence-electron chi connectivity index (χ4n) is 2.45. The van der Waals surface area contributed by atoms with Crippen molar-refractivity contribution in [2.24, 2.45) is 0 Å². The first-order chi connectivity index (χ1) is 13.9. The highest BCUT2D eigenvalue weighted by atomic mass is 32.2. The highest BCUT2D eigenvalue weighted by Gasteiger charge is 2.16. The van der Waals surface area contributed by atoms with Crippen LogP contribution in [0.3, 0.4) is 0 Å². The molecule has 3 aromatic rings. The number of thioether (sulfide) groups is 1. The predicted octanol–water partition coefficient (Wildman–Crippen LogP) is 5.69. The average Bonchev–Trinajstić information content (AvgIpc) is 3.08. The molecule has 1 aromatic heterocycles. The molecule has 0 saturated carbocycles. The van der Waals surface area contributed by atoms with Gasteiger partial charge in [-0.3, -0.25) is 4.79 Å². The quantitative estimate of drug-likeness (QED) is 0.337. The lowest BCUT2D eigenvalue weighted by Crippen LogP contribution is -2.22. The number of benzene rings is 2. The summed E-state index contributed by atoms with van der Waals surface area (Å²) in [6, 6.07) is 15.9. The first kappa shape index (κ1) is 21.3. The van der Waals surface area contributed by atoms with Gasteiger partial charge in [0, 0.05) is 21.7 Å². The molecule has 2 aromatic carbocycles. The fraction of sp³-hybridized carbons (Fsp3) is 0.190. The zero-order chi connectivity index (χ0) is 20.8. The fourth-order valence-corrected chi connectivity index (χ4v) is 4.31. The highest BCUT2D eigenvalue weighted by Crippen LogP contribution is 2.27. The maximum Gasteiger partial charge on any atom is 0.239 e. The van der Waals surface area contributed by atoms with Crippen molar-refractivity contribution in [2.75, 3.05) is 16.0 Å². The Bertz CT molecular complexity index is 1000. The van der Waals surface area contributed by atoms with Crippen LogP contribution in [-0.4, -0.2) is 21.3 Å². The van der Waals surface area contributed by atoms with Gasteiger partial charge >= 0.3 is 0 Å². The Morgan fingerprint density at radius 1 is 1.07 bits per heavy atom. The second kappa shape index (κ2) is 9.87. The molecule has 0 saturated heterocycles. The number of thiazole rings is 1. The standard InChI is InChI=1S/C21H22N4OS3/c1-13-7-9-16(10-8-13)23-20(27)24-17-5-4-6-18(11-17)29-15(3)19(26)25-21-22-14(2)12-28-21/h4-12,15H,1-3H3,(H,22,25,26)(H2,23,24,27). The van der Waals surface area contributed by atoms with Crippen molar-refractivity contribution in [3.05, 3.63) is 65.2 Å². The van der Waals surface area contributed by atoms with E-state index in [0.717, 1.165) is 22.0 Å². The van der Waals surface area contributed by atoms with Crippen LogP contribution in [0.1, 0.15) is 18.2 Å². The van der Waals surface area contributed by atoms with Crippen molar-refractivity contribution in [3.63, 3.8) is 0 Å². The summed E-state index contributed by atoms with van der Waals surface area (Å²) in [6.07, 6.45) is 0. The lowest BCUT2D eigenvalue weighted by atomic mass is 10.2. The van der Waals surface area contributed by atoms with Crippen molar-refractivity contribution >= 4 is 62.8 Å². The van der Waals surface area contributed by atoms with Crippen LogP contribution < -0.4 is 16.0 Å². The maximum atomic E-state index is 12.4. The van der Waals surface area contributed by atoms with Crippen molar-refractivity contribution in [2.45, 2.75) is 30.9 Å². The number of carbonyl (C=O) groups excluding carboxylic acids is 1. The van der Waals surface area contributed by atoms with Crippen molar-refractivity contribution in [1.82, 2.24) is 4.98 Å². The summed E-state index contributed by atoms with van der Waals surface area (Å²) in [4.78, 5) is 17.7. The van der Waals surface area contributed by atoms with Crippen LogP contribution in [0.15, 0.2) is 58.8 Å². The Labute approximate surface area is 184 Å². The number of aryl methyl sites for hydroxylation is 2. The second-order valence-electron chi connectivity index (χ2n) is 6.52. The van der Waals surface area contributed by atoms with E-state index in [1.165, 1.54) is 28.7 Å². The first-order valence-electron chi connectivity index (χ1n) is 9.03. The SMILES string of the molecule is Cc1ccc(NC(=S)Nc2cccc(SC(C)C(=O)Nc3nc(C)cs3)c2)cc1. The molecule has 0 spiro atoms. The molecule has 1 amide bonds. The number of rotatable bonds is 6. The number of amides is 1. The molecule has 150 valence electrons. The lowest BCUT2D eigenvalue weighted by molar-refractivity contribution is -0.115. The van der Waals surface area contributed by atoms with Crippen LogP contribution in [0.5, 0.6) is 0 Å². The van der Waals surface area contributed by atoms with E-state index in [4.69, 9.17) is 12.2 Å². The highest BCUT2D eigenvalue weighted by molar-refractivity contribution is 8.00. The molecule has 3 rings (SSSR count). The molecular formula is C21H22N4OS3. The number of anilines is 3. The third-order valence-corrected chi connectivity index (χ3v) is 6.11. The summed E-state index contributed by atoms with van der Waals surface area (Å²) in [5.74, 6) is -0.0701. The number of hydrogen-bond acceptors (Lipinski definition) is 5. The van der Waals surface area contributed by atoms with Gasteiger partial charge in [0.05, 0.1) is 10.9 Å². The lowest BCUT2D eigenvalue weighted by Gasteiger charge is -2.13. The molecule has 0 aliphatic rings. The molecule has 5 nitrogen and oxygen atoms in total. The Balaban J connectivity index is 1.56. The van der Waals surface area contributed by atoms with Gasteiger partial charge in [-0.05, 0) is 63.3 Å². The molecule has 0 bridgehead atoms. The summed E-state index contributed by atoms with van der Waals surface area (Å²) >= 11 is 8.31. The average molecular weight is 443 g/mol. The normalized spacial score (nSPS) is 11.6. The molecular weight excluding hydrogens is 420 g/mol. The van der Waals surface area contributed by atoms with E-state index in [0.29, 0.717) is 10.2 Å². The Kier molecular flexibility index (Phi) is 7.24. The monoisotopic (exact) mass is 442 g/mol. The van der Waals surface area contributed by atoms with Gasteiger partial charge in [-0.1, -0.05) is 23.8 Å². The smallest absolute Gasteiger partial charge is 0.239 e. The van der Waals surface area contributed by atoms with Gasteiger partial charge in [0.1, 0.15) is 0 Å². The predicted molar refractivity (Wildman–Crippen MR) is 128 cm³/mol. The zero-order valence-corrected chi connectivity index (χ0v) is 18.8. The number of aromatic nitrogens is 1. The Hall–Kier alpha value is -2.42. The van der Waals surface area contributed by atoms with Crippen molar-refractivity contribution < 1.29 is 4.79 Å². The summed E-state index contributed by atoms with van der Waals surface area (Å²) < 4.78 is 0. The number of nitrogens with one attached hydrogen (secondary N) is 3. The van der Waals surface area contributed by atoms with E-state index in [9.17, 15) is 4.79 Å². The number of hydrogen-bond donors (Lipinski definition) is 3. The number of carbonyl (C=O) groups is 1. The van der Waals surface area contributed by atoms with Gasteiger partial charge in [-0.25, -0.2) is 4.98 Å². The molecule has 0 aliphatic heterocycles. The zero-order valence-electron chi connectivity index (χ0n) is 16.4. The van der Waals surface area contributed by atoms with Crippen LogP contribution in [0.25, 0.3) is 0 Å². The van der Waals surface area contributed by atoms with Crippen LogP contribution >= 0.6 is 35.3 Å². The van der Waals surface area contributed by atoms with Crippen LogP contribution in [0, 0.1) is 13.8 Å². The second-order valence-corrected chi connectivity index (χ2v) is 9.20. The molecule has 29 heavy (non-hydrogen) atoms. The molecule has 0 aliphatic carbocycles. The molecule has 1 unspecified atom stereocenters. The molecule has 8 heteroatoms. The van der Waals surface area contributed by atoms with Gasteiger partial charge in [0.25, 0.3) is 0 Å². The van der Waals surface area contributed by atoms with Gasteiger partial charge in [-0.2, -0.15) is 0 Å². The number of thiocarbonyl (C=S) groups is 1. The molecule has 1 atom stereocenters. The van der Waals surface area contributed by atoms with Gasteiger partial charge < -0.3 is 16.0 Å². The van der Waals surface area contributed by atoms with Crippen molar-refractivity contribution in [1.29, 1.82) is 0 Å². The van der Waals surface area contributed by atoms with E-state index in [-0.39, 0.29) is 11.2 Å². The third-order valence-electron chi connectivity index (χ3n) is 3.93. The van der Waals surface area contributed by atoms with E-state index in [2.05, 4.69) is 20.9 Å². The van der Waals surface area contributed by atoms with Crippen LogP contribution in [0.4, 0.5) is 16.5 Å². The minimum Gasteiger partial charge on any atom is -0.332 e. The third kappa shape index (κ3) is 6.56. The van der Waals surface area contributed by atoms with Crippen LogP contribution in [0.2, 0.25) is 0 Å². The van der Waals surface area contributed by atoms with E-state index in [1.807, 2.05) is 74.7 Å². The largest absolute Gasteiger partial charge is 0.332 e. The Morgan fingerprint density at radius 2 is 1.79 bits per heavy atom.